The van der Waals surface area contributed by atoms with Crippen molar-refractivity contribution in [3.63, 3.8) is 0 Å². The normalized spacial score (nSPS) is 17.5. The monoisotopic (exact) mass is 230 g/mol. The number of nitrogens with zero attached hydrogens (tertiary/aromatic N) is 2. The predicted octanol–water partition coefficient (Wildman–Crippen LogP) is 2.37. The summed E-state index contributed by atoms with van der Waals surface area (Å²) in [6, 6.07) is 7.83. The summed E-state index contributed by atoms with van der Waals surface area (Å²) in [5.41, 5.74) is 3.45. The van der Waals surface area contributed by atoms with Gasteiger partial charge in [-0.05, 0) is 25.5 Å². The minimum Gasteiger partial charge on any atom is -0.347 e. The van der Waals surface area contributed by atoms with E-state index in [1.165, 1.54) is 0 Å². The van der Waals surface area contributed by atoms with E-state index >= 15 is 0 Å². The van der Waals surface area contributed by atoms with Crippen molar-refractivity contribution in [2.75, 3.05) is 13.2 Å². The van der Waals surface area contributed by atoms with E-state index in [1.54, 1.807) is 0 Å². The average molecular weight is 230 g/mol. The Morgan fingerprint density at radius 2 is 1.71 bits per heavy atom. The topological polar surface area (TPSA) is 44.2 Å². The zero-order chi connectivity index (χ0) is 11.7. The van der Waals surface area contributed by atoms with Crippen LogP contribution in [0.5, 0.6) is 0 Å². The van der Waals surface area contributed by atoms with Gasteiger partial charge in [-0.3, -0.25) is 0 Å². The number of para-hydroxylation sites is 2. The summed E-state index contributed by atoms with van der Waals surface area (Å²) < 4.78 is 11.1. The number of fused-ring (bicyclic) bond motifs is 1. The minimum absolute atomic E-state index is 0.360. The molecule has 1 saturated heterocycles. The van der Waals surface area contributed by atoms with Gasteiger partial charge in [0.1, 0.15) is 5.69 Å². The molecule has 4 heteroatoms. The SMILES string of the molecule is Cc1nc2ccccc2nc1C1OCCCO1. The second-order valence-corrected chi connectivity index (χ2v) is 4.11. The van der Waals surface area contributed by atoms with Crippen molar-refractivity contribution in [2.24, 2.45) is 0 Å². The Morgan fingerprint density at radius 1 is 1.06 bits per heavy atom. The van der Waals surface area contributed by atoms with E-state index in [1.807, 2.05) is 31.2 Å². The molecule has 0 amide bonds. The van der Waals surface area contributed by atoms with Crippen LogP contribution in [0, 0.1) is 6.92 Å². The maximum absolute atomic E-state index is 5.57. The maximum Gasteiger partial charge on any atom is 0.202 e. The van der Waals surface area contributed by atoms with Gasteiger partial charge >= 0.3 is 0 Å². The van der Waals surface area contributed by atoms with Crippen LogP contribution in [0.25, 0.3) is 11.0 Å². The number of ether oxygens (including phenoxy) is 2. The van der Waals surface area contributed by atoms with Crippen LogP contribution in [0.2, 0.25) is 0 Å². The highest BCUT2D eigenvalue weighted by atomic mass is 16.7. The molecule has 1 fully saturated rings. The lowest BCUT2D eigenvalue weighted by Gasteiger charge is -2.23. The molecule has 17 heavy (non-hydrogen) atoms. The number of rotatable bonds is 1. The smallest absolute Gasteiger partial charge is 0.202 e. The zero-order valence-electron chi connectivity index (χ0n) is 9.72. The van der Waals surface area contributed by atoms with Crippen LogP contribution >= 0.6 is 0 Å². The highest BCUT2D eigenvalue weighted by Crippen LogP contribution is 2.24. The molecule has 2 aromatic rings. The fraction of sp³-hybridized carbons (Fsp3) is 0.385. The number of aromatic nitrogens is 2. The summed E-state index contributed by atoms with van der Waals surface area (Å²) in [6.45, 7) is 3.38. The largest absolute Gasteiger partial charge is 0.347 e. The average Bonchev–Trinajstić information content (AvgIpc) is 2.39. The highest BCUT2D eigenvalue weighted by Gasteiger charge is 2.21. The van der Waals surface area contributed by atoms with Gasteiger partial charge in [-0.25, -0.2) is 9.97 Å². The lowest BCUT2D eigenvalue weighted by molar-refractivity contribution is -0.185. The van der Waals surface area contributed by atoms with Crippen LogP contribution in [0.15, 0.2) is 24.3 Å². The first-order chi connectivity index (χ1) is 8.34. The van der Waals surface area contributed by atoms with Gasteiger partial charge in [-0.1, -0.05) is 12.1 Å². The molecule has 0 bridgehead atoms. The summed E-state index contributed by atoms with van der Waals surface area (Å²) in [4.78, 5) is 9.11. The van der Waals surface area contributed by atoms with E-state index in [2.05, 4.69) is 9.97 Å². The van der Waals surface area contributed by atoms with Gasteiger partial charge in [-0.2, -0.15) is 0 Å². The molecule has 0 N–H and O–H groups in total. The third kappa shape index (κ3) is 2.01. The van der Waals surface area contributed by atoms with Crippen molar-refractivity contribution >= 4 is 11.0 Å². The Kier molecular flexibility index (Phi) is 2.74. The van der Waals surface area contributed by atoms with E-state index in [4.69, 9.17) is 9.47 Å². The van der Waals surface area contributed by atoms with Crippen LogP contribution in [-0.2, 0) is 9.47 Å². The predicted molar refractivity (Wildman–Crippen MR) is 63.5 cm³/mol. The molecule has 0 spiro atoms. The molecule has 1 aliphatic rings. The molecule has 0 atom stereocenters. The van der Waals surface area contributed by atoms with Crippen LogP contribution in [0.3, 0.4) is 0 Å². The molecule has 2 heterocycles. The zero-order valence-corrected chi connectivity index (χ0v) is 9.72. The third-order valence-corrected chi connectivity index (χ3v) is 2.83. The van der Waals surface area contributed by atoms with Gasteiger partial charge < -0.3 is 9.47 Å². The van der Waals surface area contributed by atoms with Crippen LogP contribution in [0.1, 0.15) is 24.1 Å². The third-order valence-electron chi connectivity index (χ3n) is 2.83. The molecular formula is C13H14N2O2. The lowest BCUT2D eigenvalue weighted by Crippen LogP contribution is -2.20. The van der Waals surface area contributed by atoms with E-state index in [9.17, 15) is 0 Å². The van der Waals surface area contributed by atoms with Gasteiger partial charge in [-0.15, -0.1) is 0 Å². The van der Waals surface area contributed by atoms with Crippen molar-refractivity contribution in [1.82, 2.24) is 9.97 Å². The van der Waals surface area contributed by atoms with Crippen molar-refractivity contribution in [2.45, 2.75) is 19.6 Å². The minimum atomic E-state index is -0.360. The van der Waals surface area contributed by atoms with Gasteiger partial charge in [0.2, 0.25) is 6.29 Å². The van der Waals surface area contributed by atoms with Crippen molar-refractivity contribution in [3.8, 4) is 0 Å². The maximum atomic E-state index is 5.57. The molecule has 1 aliphatic heterocycles. The van der Waals surface area contributed by atoms with Gasteiger partial charge in [0, 0.05) is 0 Å². The van der Waals surface area contributed by atoms with Crippen molar-refractivity contribution in [3.05, 3.63) is 35.7 Å². The molecule has 3 rings (SSSR count). The number of aryl methyl sites for hydroxylation is 1. The Labute approximate surface area is 99.6 Å². The Morgan fingerprint density at radius 3 is 2.41 bits per heavy atom. The molecule has 88 valence electrons. The summed E-state index contributed by atoms with van der Waals surface area (Å²) in [6.07, 6.45) is 0.581. The first-order valence-corrected chi connectivity index (χ1v) is 5.81. The molecular weight excluding hydrogens is 216 g/mol. The van der Waals surface area contributed by atoms with Crippen molar-refractivity contribution in [1.29, 1.82) is 0 Å². The second-order valence-electron chi connectivity index (χ2n) is 4.11. The van der Waals surface area contributed by atoms with Gasteiger partial charge in [0.05, 0.1) is 29.9 Å². The molecule has 1 aromatic carbocycles. The quantitative estimate of drug-likeness (QED) is 0.754. The fourth-order valence-electron chi connectivity index (χ4n) is 1.97. The Bertz CT molecular complexity index is 536. The van der Waals surface area contributed by atoms with E-state index in [0.717, 1.165) is 42.1 Å². The molecule has 0 radical (unpaired) electrons. The van der Waals surface area contributed by atoms with Crippen LogP contribution < -0.4 is 0 Å². The molecule has 4 nitrogen and oxygen atoms in total. The molecule has 0 saturated carbocycles. The van der Waals surface area contributed by atoms with Gasteiger partial charge in [0.25, 0.3) is 0 Å². The number of benzene rings is 1. The standard InChI is InChI=1S/C13H14N2O2/c1-9-12(13-16-7-4-8-17-13)15-11-6-3-2-5-10(11)14-9/h2-3,5-6,13H,4,7-8H2,1H3. The van der Waals surface area contributed by atoms with E-state index < -0.39 is 0 Å². The fourth-order valence-corrected chi connectivity index (χ4v) is 1.97. The summed E-state index contributed by atoms with van der Waals surface area (Å²) in [7, 11) is 0. The van der Waals surface area contributed by atoms with E-state index in [0.29, 0.717) is 0 Å². The Balaban J connectivity index is 2.06. The van der Waals surface area contributed by atoms with E-state index in [-0.39, 0.29) is 6.29 Å². The number of hydrogen-bond donors (Lipinski definition) is 0. The van der Waals surface area contributed by atoms with Crippen LogP contribution in [-0.4, -0.2) is 23.2 Å². The molecule has 1 aromatic heterocycles. The first-order valence-electron chi connectivity index (χ1n) is 5.81. The van der Waals surface area contributed by atoms with Crippen LogP contribution in [0.4, 0.5) is 0 Å². The summed E-state index contributed by atoms with van der Waals surface area (Å²) >= 11 is 0. The van der Waals surface area contributed by atoms with Crippen molar-refractivity contribution < 1.29 is 9.47 Å². The Hall–Kier alpha value is -1.52. The highest BCUT2D eigenvalue weighted by molar-refractivity contribution is 5.74. The molecule has 0 unspecified atom stereocenters. The molecule has 0 aliphatic carbocycles. The first kappa shape index (κ1) is 10.6. The second kappa shape index (κ2) is 4.39. The van der Waals surface area contributed by atoms with Gasteiger partial charge in [0.15, 0.2) is 0 Å². The lowest BCUT2D eigenvalue weighted by atomic mass is 10.2. The number of hydrogen-bond acceptors (Lipinski definition) is 4. The summed E-state index contributed by atoms with van der Waals surface area (Å²) in [5.74, 6) is 0. The summed E-state index contributed by atoms with van der Waals surface area (Å²) in [5, 5.41) is 0.